The van der Waals surface area contributed by atoms with Crippen LogP contribution in [-0.2, 0) is 6.42 Å². The van der Waals surface area contributed by atoms with Crippen molar-refractivity contribution in [2.24, 2.45) is 0 Å². The normalized spacial score (nSPS) is 14.2. The topological polar surface area (TPSA) is 52.1 Å². The van der Waals surface area contributed by atoms with Crippen molar-refractivity contribution < 1.29 is 9.47 Å². The monoisotopic (exact) mass is 305 g/mol. The molecule has 1 aromatic heterocycles. The number of nitrogens with one attached hydrogen (secondary N) is 1. The predicted octanol–water partition coefficient (Wildman–Crippen LogP) is 3.27. The quantitative estimate of drug-likeness (QED) is 0.884. The van der Waals surface area contributed by atoms with Crippen molar-refractivity contribution in [1.82, 2.24) is 14.8 Å². The Kier molecular flexibility index (Phi) is 3.96. The summed E-state index contributed by atoms with van der Waals surface area (Å²) in [5, 5.41) is 7.21. The van der Waals surface area contributed by atoms with Crippen LogP contribution in [0.1, 0.15) is 37.7 Å². The van der Waals surface area contributed by atoms with Crippen LogP contribution in [-0.4, -0.2) is 28.0 Å². The zero-order chi connectivity index (χ0) is 14.8. The highest BCUT2D eigenvalue weighted by Crippen LogP contribution is 2.31. The van der Waals surface area contributed by atoms with Gasteiger partial charge in [0.05, 0.1) is 13.2 Å². The Hall–Kier alpha value is -1.82. The summed E-state index contributed by atoms with van der Waals surface area (Å²) in [5.74, 6) is 2.57. The van der Waals surface area contributed by atoms with E-state index < -0.39 is 0 Å². The number of hydrogen-bond acceptors (Lipinski definition) is 4. The third-order valence-electron chi connectivity index (χ3n) is 3.47. The van der Waals surface area contributed by atoms with Crippen molar-refractivity contribution in [2.45, 2.75) is 32.7 Å². The van der Waals surface area contributed by atoms with Gasteiger partial charge in [-0.05, 0) is 43.8 Å². The van der Waals surface area contributed by atoms with E-state index in [0.717, 1.165) is 29.3 Å². The van der Waals surface area contributed by atoms with Crippen molar-refractivity contribution in [3.05, 3.63) is 34.4 Å². The molecule has 0 radical (unpaired) electrons. The molecule has 112 valence electrons. The number of nitrogens with zero attached hydrogens (tertiary/aromatic N) is 2. The molecule has 1 aliphatic heterocycles. The average molecular weight is 305 g/mol. The lowest BCUT2D eigenvalue weighted by atomic mass is 10.1. The van der Waals surface area contributed by atoms with Crippen LogP contribution in [0, 0.1) is 4.77 Å². The highest BCUT2D eigenvalue weighted by atomic mass is 32.1. The van der Waals surface area contributed by atoms with E-state index in [2.05, 4.69) is 30.1 Å². The first-order valence-electron chi connectivity index (χ1n) is 7.19. The summed E-state index contributed by atoms with van der Waals surface area (Å²) >= 11 is 5.28. The van der Waals surface area contributed by atoms with Crippen LogP contribution < -0.4 is 9.47 Å². The van der Waals surface area contributed by atoms with Gasteiger partial charge in [0.1, 0.15) is 5.82 Å². The van der Waals surface area contributed by atoms with Gasteiger partial charge in [-0.3, -0.25) is 5.10 Å². The van der Waals surface area contributed by atoms with Gasteiger partial charge in [0.15, 0.2) is 16.3 Å². The zero-order valence-electron chi connectivity index (χ0n) is 12.3. The fourth-order valence-electron chi connectivity index (χ4n) is 2.49. The third-order valence-corrected chi connectivity index (χ3v) is 3.76. The maximum absolute atomic E-state index is 5.73. The molecule has 5 nitrogen and oxygen atoms in total. The summed E-state index contributed by atoms with van der Waals surface area (Å²) < 4.78 is 14.1. The summed E-state index contributed by atoms with van der Waals surface area (Å²) in [5.41, 5.74) is 1.13. The van der Waals surface area contributed by atoms with Gasteiger partial charge in [0.25, 0.3) is 0 Å². The second kappa shape index (κ2) is 5.89. The smallest absolute Gasteiger partial charge is 0.195 e. The van der Waals surface area contributed by atoms with Gasteiger partial charge in [0.2, 0.25) is 0 Å². The van der Waals surface area contributed by atoms with Gasteiger partial charge in [-0.15, -0.1) is 0 Å². The minimum absolute atomic E-state index is 0.284. The summed E-state index contributed by atoms with van der Waals surface area (Å²) in [6.45, 7) is 5.60. The summed E-state index contributed by atoms with van der Waals surface area (Å²) in [6.07, 6.45) is 1.62. The first-order valence-corrected chi connectivity index (χ1v) is 7.60. The van der Waals surface area contributed by atoms with E-state index in [4.69, 9.17) is 21.7 Å². The Morgan fingerprint density at radius 1 is 1.29 bits per heavy atom. The highest BCUT2D eigenvalue weighted by molar-refractivity contribution is 7.71. The molecule has 6 heteroatoms. The predicted molar refractivity (Wildman–Crippen MR) is 82.7 cm³/mol. The van der Waals surface area contributed by atoms with Crippen LogP contribution in [0.4, 0.5) is 0 Å². The number of rotatable bonds is 3. The Labute approximate surface area is 128 Å². The zero-order valence-corrected chi connectivity index (χ0v) is 13.1. The number of ether oxygens (including phenoxy) is 2. The minimum atomic E-state index is 0.284. The summed E-state index contributed by atoms with van der Waals surface area (Å²) in [7, 11) is 0. The Morgan fingerprint density at radius 2 is 2.05 bits per heavy atom. The molecule has 0 fully saturated rings. The maximum atomic E-state index is 5.73. The van der Waals surface area contributed by atoms with Crippen LogP contribution in [0.15, 0.2) is 18.2 Å². The molecular formula is C15H19N3O2S. The lowest BCUT2D eigenvalue weighted by molar-refractivity contribution is 0.297. The van der Waals surface area contributed by atoms with E-state index in [9.17, 15) is 0 Å². The molecule has 0 bridgehead atoms. The lowest BCUT2D eigenvalue weighted by Crippen LogP contribution is -2.07. The number of benzene rings is 1. The maximum Gasteiger partial charge on any atom is 0.195 e. The van der Waals surface area contributed by atoms with Gasteiger partial charge in [-0.1, -0.05) is 6.07 Å². The van der Waals surface area contributed by atoms with Crippen molar-refractivity contribution in [2.75, 3.05) is 13.2 Å². The molecule has 1 aromatic carbocycles. The highest BCUT2D eigenvalue weighted by Gasteiger charge is 2.14. The molecule has 2 heterocycles. The minimum Gasteiger partial charge on any atom is -0.490 e. The van der Waals surface area contributed by atoms with Crippen LogP contribution in [0.25, 0.3) is 0 Å². The standard InChI is InChI=1S/C15H19N3O2S/c1-10(2)18-14(16-17-15(18)21)9-11-4-5-12-13(8-11)20-7-3-6-19-12/h4-5,8,10H,3,6-7,9H2,1-2H3,(H,17,21). The van der Waals surface area contributed by atoms with Crippen LogP contribution >= 0.6 is 12.2 Å². The molecule has 1 N–H and O–H groups in total. The SMILES string of the molecule is CC(C)n1c(Cc2ccc3c(c2)OCCCO3)n[nH]c1=S. The van der Waals surface area contributed by atoms with E-state index in [0.29, 0.717) is 24.4 Å². The van der Waals surface area contributed by atoms with Crippen molar-refractivity contribution in [3.8, 4) is 11.5 Å². The molecule has 0 spiro atoms. The molecule has 0 atom stereocenters. The van der Waals surface area contributed by atoms with E-state index in [1.54, 1.807) is 0 Å². The Bertz CT molecular complexity index is 690. The van der Waals surface area contributed by atoms with Gasteiger partial charge in [-0.2, -0.15) is 5.10 Å². The van der Waals surface area contributed by atoms with E-state index >= 15 is 0 Å². The molecule has 0 aliphatic carbocycles. The second-order valence-corrected chi connectivity index (χ2v) is 5.80. The molecule has 0 unspecified atom stereocenters. The lowest BCUT2D eigenvalue weighted by Gasteiger charge is -2.12. The van der Waals surface area contributed by atoms with Crippen molar-refractivity contribution >= 4 is 12.2 Å². The molecule has 0 amide bonds. The fourth-order valence-corrected chi connectivity index (χ4v) is 2.86. The molecule has 2 aromatic rings. The molecule has 0 saturated carbocycles. The van der Waals surface area contributed by atoms with Gasteiger partial charge >= 0.3 is 0 Å². The first kappa shape index (κ1) is 14.1. The average Bonchev–Trinajstić information content (AvgIpc) is 2.68. The first-order chi connectivity index (χ1) is 10.1. The number of H-pyrrole nitrogens is 1. The molecule has 3 rings (SSSR count). The van der Waals surface area contributed by atoms with Crippen LogP contribution in [0.5, 0.6) is 11.5 Å². The fraction of sp³-hybridized carbons (Fsp3) is 0.467. The Morgan fingerprint density at radius 3 is 2.81 bits per heavy atom. The van der Waals surface area contributed by atoms with Crippen molar-refractivity contribution in [1.29, 1.82) is 0 Å². The summed E-state index contributed by atoms with van der Waals surface area (Å²) in [4.78, 5) is 0. The molecule has 1 aliphatic rings. The number of hydrogen-bond donors (Lipinski definition) is 1. The van der Waals surface area contributed by atoms with E-state index in [1.807, 2.05) is 16.7 Å². The van der Waals surface area contributed by atoms with Gasteiger partial charge in [-0.25, -0.2) is 0 Å². The number of aromatic amines is 1. The second-order valence-electron chi connectivity index (χ2n) is 5.42. The van der Waals surface area contributed by atoms with Gasteiger partial charge in [0, 0.05) is 18.9 Å². The summed E-state index contributed by atoms with van der Waals surface area (Å²) in [6, 6.07) is 6.34. The van der Waals surface area contributed by atoms with Crippen molar-refractivity contribution in [3.63, 3.8) is 0 Å². The molecule has 0 saturated heterocycles. The van der Waals surface area contributed by atoms with Crippen LogP contribution in [0.3, 0.4) is 0 Å². The third kappa shape index (κ3) is 2.95. The Balaban J connectivity index is 1.89. The molecular weight excluding hydrogens is 286 g/mol. The molecule has 21 heavy (non-hydrogen) atoms. The number of fused-ring (bicyclic) bond motifs is 1. The van der Waals surface area contributed by atoms with Gasteiger partial charge < -0.3 is 14.0 Å². The van der Waals surface area contributed by atoms with Crippen LogP contribution in [0.2, 0.25) is 0 Å². The number of aromatic nitrogens is 3. The largest absolute Gasteiger partial charge is 0.490 e. The van der Waals surface area contributed by atoms with E-state index in [-0.39, 0.29) is 6.04 Å². The van der Waals surface area contributed by atoms with E-state index in [1.165, 1.54) is 0 Å².